The Kier molecular flexibility index (Phi) is 5.05. The number of hydrogen-bond acceptors (Lipinski definition) is 8. The fourth-order valence-electron chi connectivity index (χ4n) is 2.15. The number of allylic oxidation sites excluding steroid dienone is 1. The first-order chi connectivity index (χ1) is 10.8. The van der Waals surface area contributed by atoms with Crippen molar-refractivity contribution < 1.29 is 9.47 Å². The maximum atomic E-state index is 5.68. The van der Waals surface area contributed by atoms with Crippen molar-refractivity contribution in [1.82, 2.24) is 0 Å². The van der Waals surface area contributed by atoms with Gasteiger partial charge in [0.05, 0.1) is 21.2 Å². The Morgan fingerprint density at radius 1 is 0.727 bits per heavy atom. The van der Waals surface area contributed by atoms with E-state index in [0.29, 0.717) is 13.2 Å². The van der Waals surface area contributed by atoms with Gasteiger partial charge in [-0.1, -0.05) is 60.9 Å². The Labute approximate surface area is 156 Å². The zero-order valence-corrected chi connectivity index (χ0v) is 17.0. The second kappa shape index (κ2) is 6.88. The summed E-state index contributed by atoms with van der Waals surface area (Å²) in [5.41, 5.74) is 1.59. The Balaban J connectivity index is 1.47. The van der Waals surface area contributed by atoms with Crippen LogP contribution in [0.15, 0.2) is 36.9 Å². The monoisotopic (exact) mass is 406 g/mol. The van der Waals surface area contributed by atoms with Gasteiger partial charge in [0.1, 0.15) is 13.2 Å². The van der Waals surface area contributed by atoms with Gasteiger partial charge in [0, 0.05) is 0 Å². The standard InChI is InChI=1S/C14H14O2S6/c1-3-7(4-2)10-19-13-14(20-10)22-12(21-13)11-17-8-9(18-11)16-6-5-15-8/h3-6H2,1-2H3. The summed E-state index contributed by atoms with van der Waals surface area (Å²) in [4.78, 5) is 0. The fraction of sp³-hybridized carbons (Fsp3) is 0.429. The predicted molar refractivity (Wildman–Crippen MR) is 106 cm³/mol. The van der Waals surface area contributed by atoms with E-state index in [1.165, 1.54) is 21.2 Å². The molecule has 4 rings (SSSR count). The van der Waals surface area contributed by atoms with Gasteiger partial charge < -0.3 is 9.47 Å². The van der Waals surface area contributed by atoms with Crippen molar-refractivity contribution in [2.75, 3.05) is 13.2 Å². The number of thioether (sulfide) groups is 6. The molecular weight excluding hydrogens is 393 g/mol. The highest BCUT2D eigenvalue weighted by Gasteiger charge is 2.36. The van der Waals surface area contributed by atoms with Crippen LogP contribution in [-0.4, -0.2) is 13.2 Å². The highest BCUT2D eigenvalue weighted by Crippen LogP contribution is 2.70. The highest BCUT2D eigenvalue weighted by atomic mass is 32.3. The Morgan fingerprint density at radius 3 is 1.68 bits per heavy atom. The largest absolute Gasteiger partial charge is 0.480 e. The van der Waals surface area contributed by atoms with Gasteiger partial charge in [-0.15, -0.1) is 0 Å². The molecule has 2 nitrogen and oxygen atoms in total. The van der Waals surface area contributed by atoms with Crippen LogP contribution in [0.25, 0.3) is 0 Å². The van der Waals surface area contributed by atoms with E-state index in [9.17, 15) is 0 Å². The van der Waals surface area contributed by atoms with E-state index in [1.54, 1.807) is 29.1 Å². The van der Waals surface area contributed by atoms with Crippen LogP contribution >= 0.6 is 70.6 Å². The van der Waals surface area contributed by atoms with E-state index < -0.39 is 0 Å². The van der Waals surface area contributed by atoms with Crippen molar-refractivity contribution in [3.05, 3.63) is 36.9 Å². The zero-order chi connectivity index (χ0) is 15.1. The minimum absolute atomic E-state index is 0.667. The van der Waals surface area contributed by atoms with E-state index in [0.717, 1.165) is 23.0 Å². The van der Waals surface area contributed by atoms with Gasteiger partial charge in [-0.3, -0.25) is 0 Å². The summed E-state index contributed by atoms with van der Waals surface area (Å²) in [6.07, 6.45) is 2.32. The molecule has 0 aliphatic carbocycles. The molecule has 4 heterocycles. The third-order valence-corrected chi connectivity index (χ3v) is 12.0. The summed E-state index contributed by atoms with van der Waals surface area (Å²) in [6, 6.07) is 0. The van der Waals surface area contributed by atoms with E-state index in [2.05, 4.69) is 13.8 Å². The molecule has 22 heavy (non-hydrogen) atoms. The molecule has 0 amide bonds. The normalized spacial score (nSPS) is 23.8. The summed E-state index contributed by atoms with van der Waals surface area (Å²) < 4.78 is 18.5. The van der Waals surface area contributed by atoms with Crippen molar-refractivity contribution in [2.24, 2.45) is 0 Å². The number of rotatable bonds is 2. The van der Waals surface area contributed by atoms with Crippen LogP contribution in [-0.2, 0) is 9.47 Å². The van der Waals surface area contributed by atoms with Crippen LogP contribution in [0.3, 0.4) is 0 Å². The van der Waals surface area contributed by atoms with Gasteiger partial charge in [-0.2, -0.15) is 0 Å². The van der Waals surface area contributed by atoms with Gasteiger partial charge in [-0.25, -0.2) is 0 Å². The van der Waals surface area contributed by atoms with Gasteiger partial charge in [-0.05, 0) is 41.9 Å². The molecule has 0 saturated heterocycles. The molecule has 0 spiro atoms. The summed E-state index contributed by atoms with van der Waals surface area (Å²) in [5.74, 6) is 0. The Bertz CT molecular complexity index is 598. The van der Waals surface area contributed by atoms with Crippen molar-refractivity contribution in [3.8, 4) is 0 Å². The third kappa shape index (κ3) is 2.99. The highest BCUT2D eigenvalue weighted by molar-refractivity contribution is 8.49. The smallest absolute Gasteiger partial charge is 0.208 e. The first-order valence-electron chi connectivity index (χ1n) is 7.06. The van der Waals surface area contributed by atoms with E-state index in [4.69, 9.17) is 9.47 Å². The molecule has 0 N–H and O–H groups in total. The van der Waals surface area contributed by atoms with Crippen LogP contribution in [0.4, 0.5) is 0 Å². The lowest BCUT2D eigenvalue weighted by Crippen LogP contribution is -2.08. The number of hydrogen-bond donors (Lipinski definition) is 0. The summed E-state index contributed by atoms with van der Waals surface area (Å²) in [6.45, 7) is 5.85. The maximum absolute atomic E-state index is 5.68. The molecular formula is C14H14O2S6. The molecule has 0 aromatic rings. The van der Waals surface area contributed by atoms with Crippen LogP contribution in [0.1, 0.15) is 26.7 Å². The molecule has 8 heteroatoms. The molecule has 118 valence electrons. The van der Waals surface area contributed by atoms with E-state index >= 15 is 0 Å². The van der Waals surface area contributed by atoms with E-state index in [1.807, 2.05) is 47.0 Å². The van der Waals surface area contributed by atoms with Crippen molar-refractivity contribution in [2.45, 2.75) is 26.7 Å². The van der Waals surface area contributed by atoms with Crippen LogP contribution in [0, 0.1) is 0 Å². The average Bonchev–Trinajstić information content (AvgIpc) is 3.19. The third-order valence-electron chi connectivity index (χ3n) is 3.30. The average molecular weight is 407 g/mol. The Morgan fingerprint density at radius 2 is 1.18 bits per heavy atom. The molecule has 0 fully saturated rings. The summed E-state index contributed by atoms with van der Waals surface area (Å²) in [5, 5.41) is 1.90. The minimum atomic E-state index is 0.667. The molecule has 0 bridgehead atoms. The molecule has 0 atom stereocenters. The predicted octanol–water partition coefficient (Wildman–Crippen LogP) is 6.88. The molecule has 4 aliphatic rings. The summed E-state index contributed by atoms with van der Waals surface area (Å²) in [7, 11) is 0. The quantitative estimate of drug-likeness (QED) is 0.487. The van der Waals surface area contributed by atoms with Crippen LogP contribution in [0.5, 0.6) is 0 Å². The lowest BCUT2D eigenvalue weighted by Gasteiger charge is -2.13. The Hall–Kier alpha value is 0.660. The van der Waals surface area contributed by atoms with Gasteiger partial charge in [0.25, 0.3) is 0 Å². The van der Waals surface area contributed by atoms with Crippen LogP contribution in [0.2, 0.25) is 0 Å². The minimum Gasteiger partial charge on any atom is -0.480 e. The lowest BCUT2D eigenvalue weighted by molar-refractivity contribution is 0.0949. The lowest BCUT2D eigenvalue weighted by atomic mass is 10.2. The van der Waals surface area contributed by atoms with Gasteiger partial charge in [0.2, 0.25) is 10.2 Å². The molecule has 0 unspecified atom stereocenters. The molecule has 0 aromatic carbocycles. The number of ether oxygens (including phenoxy) is 2. The van der Waals surface area contributed by atoms with Crippen molar-refractivity contribution in [1.29, 1.82) is 0 Å². The molecule has 4 aliphatic heterocycles. The fourth-order valence-corrected chi connectivity index (χ4v) is 11.4. The molecule has 0 aromatic heterocycles. The van der Waals surface area contributed by atoms with E-state index in [-0.39, 0.29) is 0 Å². The maximum Gasteiger partial charge on any atom is 0.208 e. The zero-order valence-electron chi connectivity index (χ0n) is 12.1. The van der Waals surface area contributed by atoms with Gasteiger partial charge >= 0.3 is 0 Å². The SMILES string of the molecule is CCC(CC)=C1SC2=C(S1)SC(=C1SC3=C(OCCO3)S1)S2. The second-order valence-electron chi connectivity index (χ2n) is 4.63. The first-order valence-corrected chi connectivity index (χ1v) is 12.0. The van der Waals surface area contributed by atoms with Crippen LogP contribution < -0.4 is 0 Å². The summed E-state index contributed by atoms with van der Waals surface area (Å²) >= 11 is 11.2. The molecule has 0 saturated carbocycles. The van der Waals surface area contributed by atoms with Gasteiger partial charge in [0.15, 0.2) is 0 Å². The van der Waals surface area contributed by atoms with Crippen molar-refractivity contribution >= 4 is 70.6 Å². The topological polar surface area (TPSA) is 18.5 Å². The molecule has 0 radical (unpaired) electrons. The van der Waals surface area contributed by atoms with Crippen molar-refractivity contribution in [3.63, 3.8) is 0 Å². The first kappa shape index (κ1) is 16.1. The second-order valence-corrected chi connectivity index (χ2v) is 12.0.